The van der Waals surface area contributed by atoms with Gasteiger partial charge in [0.1, 0.15) is 10.9 Å². The lowest BCUT2D eigenvalue weighted by Gasteiger charge is -2.27. The van der Waals surface area contributed by atoms with E-state index in [1.165, 1.54) is 30.3 Å². The molecule has 0 aliphatic carbocycles. The molecule has 2 amide bonds. The van der Waals surface area contributed by atoms with Crippen LogP contribution >= 0.6 is 23.2 Å². The lowest BCUT2D eigenvalue weighted by Crippen LogP contribution is -2.45. The van der Waals surface area contributed by atoms with E-state index in [1.54, 1.807) is 24.3 Å². The van der Waals surface area contributed by atoms with Crippen molar-refractivity contribution in [3.63, 3.8) is 0 Å². The Hall–Kier alpha value is -2.80. The normalized spacial score (nSPS) is 16.6. The summed E-state index contributed by atoms with van der Waals surface area (Å²) >= 11 is 12.3. The maximum absolute atomic E-state index is 13.8. The Morgan fingerprint density at radius 3 is 2.16 bits per heavy atom. The Kier molecular flexibility index (Phi) is 7.48. The minimum Gasteiger partial charge on any atom is -0.274 e. The maximum Gasteiger partial charge on any atom is 0.252 e. The van der Waals surface area contributed by atoms with E-state index in [-0.39, 0.29) is 32.1 Å². The van der Waals surface area contributed by atoms with Crippen molar-refractivity contribution >= 4 is 60.8 Å². The third-order valence-electron chi connectivity index (χ3n) is 5.83. The molecule has 1 heterocycles. The number of primary sulfonamides is 1. The molecule has 37 heavy (non-hydrogen) atoms. The van der Waals surface area contributed by atoms with Gasteiger partial charge in [0.15, 0.2) is 0 Å². The van der Waals surface area contributed by atoms with Crippen LogP contribution in [0.3, 0.4) is 0 Å². The van der Waals surface area contributed by atoms with E-state index < -0.39 is 44.3 Å². The monoisotopic (exact) mass is 581 g/mol. The van der Waals surface area contributed by atoms with Gasteiger partial charge in [-0.1, -0.05) is 53.0 Å². The Morgan fingerprint density at radius 1 is 0.946 bits per heavy atom. The van der Waals surface area contributed by atoms with E-state index in [1.807, 2.05) is 6.92 Å². The molecule has 2 N–H and O–H groups in total. The highest BCUT2D eigenvalue weighted by atomic mass is 35.5. The van der Waals surface area contributed by atoms with Gasteiger partial charge >= 0.3 is 0 Å². The highest BCUT2D eigenvalue weighted by molar-refractivity contribution is 7.89. The first-order valence-electron chi connectivity index (χ1n) is 10.8. The van der Waals surface area contributed by atoms with Gasteiger partial charge in [-0.25, -0.2) is 26.9 Å². The first-order valence-corrected chi connectivity index (χ1v) is 14.6. The number of benzene rings is 3. The van der Waals surface area contributed by atoms with Crippen molar-refractivity contribution in [1.82, 2.24) is 4.31 Å². The molecule has 0 aromatic heterocycles. The molecule has 1 atom stereocenters. The lowest BCUT2D eigenvalue weighted by molar-refractivity contribution is -0.122. The first kappa shape index (κ1) is 27.2. The number of anilines is 1. The minimum atomic E-state index is -4.41. The molecule has 0 saturated carbocycles. The molecule has 0 bridgehead atoms. The molecule has 194 valence electrons. The van der Waals surface area contributed by atoms with Crippen molar-refractivity contribution in [2.24, 2.45) is 5.14 Å². The van der Waals surface area contributed by atoms with Crippen LogP contribution in [-0.2, 0) is 36.2 Å². The van der Waals surface area contributed by atoms with Crippen LogP contribution in [0.5, 0.6) is 0 Å². The van der Waals surface area contributed by atoms with Crippen LogP contribution < -0.4 is 10.0 Å². The van der Waals surface area contributed by atoms with E-state index in [0.29, 0.717) is 5.56 Å². The summed E-state index contributed by atoms with van der Waals surface area (Å²) in [5.41, 5.74) is 1.62. The van der Waals surface area contributed by atoms with Crippen molar-refractivity contribution in [1.29, 1.82) is 0 Å². The molecule has 4 rings (SSSR count). The third kappa shape index (κ3) is 5.57. The zero-order chi connectivity index (χ0) is 27.1. The zero-order valence-electron chi connectivity index (χ0n) is 19.3. The Balaban J connectivity index is 1.77. The van der Waals surface area contributed by atoms with Gasteiger partial charge in [0.25, 0.3) is 5.91 Å². The van der Waals surface area contributed by atoms with Crippen molar-refractivity contribution in [2.75, 3.05) is 4.90 Å². The fraction of sp³-hybridized carbons (Fsp3) is 0.167. The molecular weight excluding hydrogens is 561 g/mol. The van der Waals surface area contributed by atoms with Gasteiger partial charge in [-0.05, 0) is 55.0 Å². The highest BCUT2D eigenvalue weighted by Gasteiger charge is 2.47. The molecule has 1 aliphatic rings. The molecule has 0 spiro atoms. The predicted octanol–water partition coefficient (Wildman–Crippen LogP) is 3.47. The minimum absolute atomic E-state index is 0.0818. The van der Waals surface area contributed by atoms with Crippen LogP contribution in [0.4, 0.5) is 5.69 Å². The summed E-state index contributed by atoms with van der Waals surface area (Å²) in [7, 11) is -8.40. The van der Waals surface area contributed by atoms with E-state index in [2.05, 4.69) is 0 Å². The SMILES string of the molecule is Cc1ccc(CN(C2CC(=O)N(c3ccc(S(N)(=O)=O)cc3)C2=O)S(=O)(=O)c2cc(Cl)ccc2Cl)cc1. The molecule has 1 fully saturated rings. The van der Waals surface area contributed by atoms with E-state index in [9.17, 15) is 26.4 Å². The van der Waals surface area contributed by atoms with E-state index in [4.69, 9.17) is 28.3 Å². The van der Waals surface area contributed by atoms with Gasteiger partial charge in [-0.2, -0.15) is 4.31 Å². The van der Waals surface area contributed by atoms with Crippen LogP contribution in [0.2, 0.25) is 10.0 Å². The molecule has 1 saturated heterocycles. The Morgan fingerprint density at radius 2 is 1.57 bits per heavy atom. The Labute approximate surface area is 224 Å². The van der Waals surface area contributed by atoms with Crippen LogP contribution in [0, 0.1) is 6.92 Å². The summed E-state index contributed by atoms with van der Waals surface area (Å²) < 4.78 is 51.7. The number of halogens is 2. The molecule has 0 radical (unpaired) electrons. The average molecular weight is 582 g/mol. The summed E-state index contributed by atoms with van der Waals surface area (Å²) in [5.74, 6) is -1.44. The van der Waals surface area contributed by atoms with Gasteiger partial charge in [0.05, 0.1) is 22.0 Å². The smallest absolute Gasteiger partial charge is 0.252 e. The molecule has 9 nitrogen and oxygen atoms in total. The quantitative estimate of drug-likeness (QED) is 0.424. The first-order chi connectivity index (χ1) is 17.3. The number of hydrogen-bond donors (Lipinski definition) is 1. The van der Waals surface area contributed by atoms with Gasteiger partial charge in [0.2, 0.25) is 26.0 Å². The number of rotatable bonds is 7. The number of nitrogens with two attached hydrogens (primary N) is 1. The van der Waals surface area contributed by atoms with Gasteiger partial charge < -0.3 is 0 Å². The summed E-state index contributed by atoms with van der Waals surface area (Å²) in [6, 6.07) is 14.4. The topological polar surface area (TPSA) is 135 Å². The number of hydrogen-bond acceptors (Lipinski definition) is 6. The standard InChI is InChI=1S/C24H21Cl2N3O6S2/c1-15-2-4-16(5-3-15)14-28(37(34,35)22-12-17(25)6-11-20(22)26)21-13-23(30)29(24(21)31)18-7-9-19(10-8-18)36(27,32)33/h2-12,21H,13-14H2,1H3,(H2,27,32,33). The predicted molar refractivity (Wildman–Crippen MR) is 139 cm³/mol. The van der Waals surface area contributed by atoms with Gasteiger partial charge in [-0.3, -0.25) is 9.59 Å². The second kappa shape index (κ2) is 10.2. The molecule has 3 aromatic carbocycles. The fourth-order valence-corrected chi connectivity index (χ4v) is 6.76. The van der Waals surface area contributed by atoms with Crippen molar-refractivity contribution in [3.8, 4) is 0 Å². The van der Waals surface area contributed by atoms with E-state index in [0.717, 1.165) is 26.9 Å². The van der Waals surface area contributed by atoms with Gasteiger partial charge in [0, 0.05) is 11.6 Å². The highest BCUT2D eigenvalue weighted by Crippen LogP contribution is 2.34. The van der Waals surface area contributed by atoms with Crippen molar-refractivity contribution < 1.29 is 26.4 Å². The van der Waals surface area contributed by atoms with Crippen molar-refractivity contribution in [2.45, 2.75) is 35.7 Å². The zero-order valence-corrected chi connectivity index (χ0v) is 22.5. The number of amides is 2. The third-order valence-corrected chi connectivity index (χ3v) is 9.33. The lowest BCUT2D eigenvalue weighted by atomic mass is 10.1. The number of carbonyl (C=O) groups excluding carboxylic acids is 2. The molecule has 13 heteroatoms. The average Bonchev–Trinajstić information content (AvgIpc) is 3.12. The summed E-state index contributed by atoms with van der Waals surface area (Å²) in [6.45, 7) is 1.66. The molecule has 3 aromatic rings. The summed E-state index contributed by atoms with van der Waals surface area (Å²) in [5, 5.41) is 5.15. The fourth-order valence-electron chi connectivity index (χ4n) is 3.93. The number of aryl methyl sites for hydroxylation is 1. The number of imide groups is 1. The maximum atomic E-state index is 13.8. The number of nitrogens with zero attached hydrogens (tertiary/aromatic N) is 2. The van der Waals surface area contributed by atoms with Gasteiger partial charge in [-0.15, -0.1) is 0 Å². The summed E-state index contributed by atoms with van der Waals surface area (Å²) in [4.78, 5) is 26.8. The van der Waals surface area contributed by atoms with Crippen molar-refractivity contribution in [3.05, 3.63) is 87.9 Å². The largest absolute Gasteiger partial charge is 0.274 e. The van der Waals surface area contributed by atoms with Crippen LogP contribution in [0.1, 0.15) is 17.5 Å². The van der Waals surface area contributed by atoms with Crippen LogP contribution in [-0.4, -0.2) is 39.0 Å². The second-order valence-electron chi connectivity index (χ2n) is 8.44. The van der Waals surface area contributed by atoms with Crippen LogP contribution in [0.15, 0.2) is 76.5 Å². The second-order valence-corrected chi connectivity index (χ2v) is 12.7. The Bertz CT molecular complexity index is 1590. The number of sulfonamides is 2. The van der Waals surface area contributed by atoms with Crippen LogP contribution in [0.25, 0.3) is 0 Å². The number of carbonyl (C=O) groups is 2. The summed E-state index contributed by atoms with van der Waals surface area (Å²) in [6.07, 6.45) is -0.431. The van der Waals surface area contributed by atoms with E-state index >= 15 is 0 Å². The molecular formula is C24H21Cl2N3O6S2. The molecule has 1 unspecified atom stereocenters. The molecule has 1 aliphatic heterocycles.